The van der Waals surface area contributed by atoms with Crippen molar-refractivity contribution in [3.8, 4) is 0 Å². The molecule has 0 saturated carbocycles. The minimum Gasteiger partial charge on any atom is -0.357 e. The molecule has 0 fully saturated rings. The Kier molecular flexibility index (Phi) is 13.0. The van der Waals surface area contributed by atoms with Gasteiger partial charge in [0.2, 0.25) is 11.8 Å². The van der Waals surface area contributed by atoms with Gasteiger partial charge in [-0.2, -0.15) is 4.98 Å². The van der Waals surface area contributed by atoms with Crippen molar-refractivity contribution in [3.05, 3.63) is 11.7 Å². The molecule has 0 aromatic carbocycles. The molecular formula is C18H35IN6O2. The van der Waals surface area contributed by atoms with E-state index in [1.807, 2.05) is 51.5 Å². The highest BCUT2D eigenvalue weighted by atomic mass is 127. The number of rotatable bonds is 10. The number of halogens is 1. The number of carbonyl (C=O) groups is 1. The summed E-state index contributed by atoms with van der Waals surface area (Å²) < 4.78 is 5.25. The fourth-order valence-electron chi connectivity index (χ4n) is 2.44. The lowest BCUT2D eigenvalue weighted by Gasteiger charge is -2.25. The molecule has 9 heteroatoms. The van der Waals surface area contributed by atoms with E-state index in [-0.39, 0.29) is 35.8 Å². The topological polar surface area (TPSA) is 86.9 Å². The van der Waals surface area contributed by atoms with E-state index in [1.54, 1.807) is 0 Å². The third kappa shape index (κ3) is 8.89. The third-order valence-electron chi connectivity index (χ3n) is 4.00. The van der Waals surface area contributed by atoms with Gasteiger partial charge in [-0.1, -0.05) is 19.0 Å². The molecule has 1 aromatic heterocycles. The van der Waals surface area contributed by atoms with Crippen LogP contribution >= 0.6 is 24.0 Å². The maximum Gasteiger partial charge on any atom is 0.242 e. The molecule has 1 rings (SSSR count). The molecule has 1 heterocycles. The minimum absolute atomic E-state index is 0. The van der Waals surface area contributed by atoms with E-state index in [4.69, 9.17) is 4.52 Å². The first-order valence-electron chi connectivity index (χ1n) is 9.52. The summed E-state index contributed by atoms with van der Waals surface area (Å²) in [5.74, 6) is 2.50. The van der Waals surface area contributed by atoms with Crippen LogP contribution in [0.4, 0.5) is 0 Å². The second-order valence-corrected chi connectivity index (χ2v) is 6.46. The summed E-state index contributed by atoms with van der Waals surface area (Å²) in [4.78, 5) is 24.9. The Morgan fingerprint density at radius 2 is 1.93 bits per heavy atom. The number of nitrogens with one attached hydrogen (secondary N) is 1. The summed E-state index contributed by atoms with van der Waals surface area (Å²) in [6, 6.07) is 0. The van der Waals surface area contributed by atoms with Gasteiger partial charge in [0, 0.05) is 45.6 Å². The van der Waals surface area contributed by atoms with E-state index in [2.05, 4.69) is 20.4 Å². The van der Waals surface area contributed by atoms with Crippen LogP contribution in [0.1, 0.15) is 58.7 Å². The smallest absolute Gasteiger partial charge is 0.242 e. The molecule has 1 aromatic rings. The molecule has 0 atom stereocenters. The van der Waals surface area contributed by atoms with Crippen molar-refractivity contribution in [3.63, 3.8) is 0 Å². The summed E-state index contributed by atoms with van der Waals surface area (Å²) in [7, 11) is 1.88. The van der Waals surface area contributed by atoms with Crippen LogP contribution < -0.4 is 5.32 Å². The maximum absolute atomic E-state index is 12.3. The molecule has 0 unspecified atom stereocenters. The fraction of sp³-hybridized carbons (Fsp3) is 0.778. The molecular weight excluding hydrogens is 459 g/mol. The highest BCUT2D eigenvalue weighted by Crippen LogP contribution is 2.10. The SMILES string of the molecule is CCNC(=NCCCc1nc(C(C)C)no1)N(C)CC(=O)N(CC)CC.I. The third-order valence-corrected chi connectivity index (χ3v) is 4.00. The van der Waals surface area contributed by atoms with E-state index >= 15 is 0 Å². The summed E-state index contributed by atoms with van der Waals surface area (Å²) in [6.07, 6.45) is 1.51. The molecule has 8 nitrogen and oxygen atoms in total. The van der Waals surface area contributed by atoms with Crippen LogP contribution in [0.25, 0.3) is 0 Å². The molecule has 0 aliphatic heterocycles. The predicted octanol–water partition coefficient (Wildman–Crippen LogP) is 2.51. The molecule has 0 aliphatic carbocycles. The monoisotopic (exact) mass is 494 g/mol. The van der Waals surface area contributed by atoms with Gasteiger partial charge in [-0.25, -0.2) is 0 Å². The molecule has 0 saturated heterocycles. The average molecular weight is 494 g/mol. The Hall–Kier alpha value is -1.39. The molecule has 0 radical (unpaired) electrons. The standard InChI is InChI=1S/C18H34N6O2.HI/c1-7-19-18(23(6)13-16(25)24(8-2)9-3)20-12-10-11-15-21-17(14(4)5)22-26-15;/h14H,7-13H2,1-6H3,(H,19,20);1H. The van der Waals surface area contributed by atoms with Gasteiger partial charge in [-0.05, 0) is 27.2 Å². The lowest BCUT2D eigenvalue weighted by atomic mass is 10.2. The first kappa shape index (κ1) is 25.6. The normalized spacial score (nSPS) is 11.3. The number of aromatic nitrogens is 2. The van der Waals surface area contributed by atoms with Crippen LogP contribution in [0.5, 0.6) is 0 Å². The number of amides is 1. The number of nitrogens with zero attached hydrogens (tertiary/aromatic N) is 5. The van der Waals surface area contributed by atoms with Gasteiger partial charge < -0.3 is 19.6 Å². The quantitative estimate of drug-likeness (QED) is 0.233. The van der Waals surface area contributed by atoms with E-state index in [1.165, 1.54) is 0 Å². The number of hydrogen-bond donors (Lipinski definition) is 1. The number of aryl methyl sites for hydroxylation is 1. The summed E-state index contributed by atoms with van der Waals surface area (Å²) in [5, 5.41) is 7.20. The van der Waals surface area contributed by atoms with Crippen LogP contribution in [0.2, 0.25) is 0 Å². The molecule has 0 bridgehead atoms. The van der Waals surface area contributed by atoms with Gasteiger partial charge in [0.15, 0.2) is 11.8 Å². The van der Waals surface area contributed by atoms with Crippen LogP contribution in [0.15, 0.2) is 9.52 Å². The average Bonchev–Trinajstić information content (AvgIpc) is 3.07. The zero-order chi connectivity index (χ0) is 19.5. The van der Waals surface area contributed by atoms with Gasteiger partial charge in [0.25, 0.3) is 0 Å². The van der Waals surface area contributed by atoms with Crippen LogP contribution in [-0.4, -0.2) is 71.6 Å². The predicted molar refractivity (Wildman–Crippen MR) is 119 cm³/mol. The molecule has 1 N–H and O–H groups in total. The summed E-state index contributed by atoms with van der Waals surface area (Å²) in [6.45, 7) is 13.2. The van der Waals surface area contributed by atoms with E-state index in [9.17, 15) is 4.79 Å². The van der Waals surface area contributed by atoms with Gasteiger partial charge in [0.05, 0.1) is 6.54 Å². The Labute approximate surface area is 180 Å². The van der Waals surface area contributed by atoms with Crippen molar-refractivity contribution < 1.29 is 9.32 Å². The number of aliphatic imine (C=N–C) groups is 1. The Balaban J connectivity index is 0.00000676. The zero-order valence-electron chi connectivity index (χ0n) is 17.5. The van der Waals surface area contributed by atoms with E-state index in [0.717, 1.165) is 37.8 Å². The maximum atomic E-state index is 12.3. The van der Waals surface area contributed by atoms with Crippen molar-refractivity contribution in [2.24, 2.45) is 4.99 Å². The highest BCUT2D eigenvalue weighted by Gasteiger charge is 2.15. The van der Waals surface area contributed by atoms with E-state index in [0.29, 0.717) is 25.4 Å². The first-order chi connectivity index (χ1) is 12.4. The van der Waals surface area contributed by atoms with Gasteiger partial charge in [-0.3, -0.25) is 9.79 Å². The number of carbonyl (C=O) groups excluding carboxylic acids is 1. The van der Waals surface area contributed by atoms with Crippen molar-refractivity contribution in [1.82, 2.24) is 25.3 Å². The molecule has 156 valence electrons. The molecule has 1 amide bonds. The second kappa shape index (κ2) is 13.7. The van der Waals surface area contributed by atoms with Gasteiger partial charge in [-0.15, -0.1) is 24.0 Å². The minimum atomic E-state index is 0. The van der Waals surface area contributed by atoms with Crippen LogP contribution in [0, 0.1) is 0 Å². The zero-order valence-corrected chi connectivity index (χ0v) is 19.8. The second-order valence-electron chi connectivity index (χ2n) is 6.46. The molecule has 0 aliphatic rings. The fourth-order valence-corrected chi connectivity index (χ4v) is 2.44. The lowest BCUT2D eigenvalue weighted by molar-refractivity contribution is -0.131. The number of likely N-dealkylation sites (N-methyl/N-ethyl adjacent to an activating group) is 2. The van der Waals surface area contributed by atoms with Gasteiger partial charge >= 0.3 is 0 Å². The van der Waals surface area contributed by atoms with Gasteiger partial charge in [0.1, 0.15) is 0 Å². The molecule has 0 spiro atoms. The Bertz CT molecular complexity index is 572. The van der Waals surface area contributed by atoms with E-state index < -0.39 is 0 Å². The lowest BCUT2D eigenvalue weighted by Crippen LogP contribution is -2.45. The number of guanidine groups is 1. The van der Waals surface area contributed by atoms with Crippen molar-refractivity contribution >= 4 is 35.8 Å². The summed E-state index contributed by atoms with van der Waals surface area (Å²) >= 11 is 0. The highest BCUT2D eigenvalue weighted by molar-refractivity contribution is 14.0. The largest absolute Gasteiger partial charge is 0.357 e. The van der Waals surface area contributed by atoms with Crippen molar-refractivity contribution in [2.75, 3.05) is 39.8 Å². The van der Waals surface area contributed by atoms with Crippen LogP contribution in [0.3, 0.4) is 0 Å². The Morgan fingerprint density at radius 1 is 1.26 bits per heavy atom. The summed E-state index contributed by atoms with van der Waals surface area (Å²) in [5.41, 5.74) is 0. The Morgan fingerprint density at radius 3 is 2.44 bits per heavy atom. The number of hydrogen-bond acceptors (Lipinski definition) is 5. The first-order valence-corrected chi connectivity index (χ1v) is 9.52. The van der Waals surface area contributed by atoms with Crippen molar-refractivity contribution in [2.45, 2.75) is 53.4 Å². The van der Waals surface area contributed by atoms with Crippen molar-refractivity contribution in [1.29, 1.82) is 0 Å². The molecule has 27 heavy (non-hydrogen) atoms. The van der Waals surface area contributed by atoms with Crippen LogP contribution in [-0.2, 0) is 11.2 Å².